The van der Waals surface area contributed by atoms with Crippen LogP contribution in [0.25, 0.3) is 0 Å². The molecule has 1 aliphatic rings. The molecular weight excluding hydrogens is 134 g/mol. The zero-order chi connectivity index (χ0) is 8.27. The van der Waals surface area contributed by atoms with Gasteiger partial charge in [-0.3, -0.25) is 0 Å². The van der Waals surface area contributed by atoms with Crippen molar-refractivity contribution >= 4 is 0 Å². The van der Waals surface area contributed by atoms with Gasteiger partial charge >= 0.3 is 0 Å². The van der Waals surface area contributed by atoms with E-state index < -0.39 is 0 Å². The molecule has 0 aromatic carbocycles. The fourth-order valence-corrected chi connectivity index (χ4v) is 2.16. The molecule has 0 heterocycles. The molecule has 0 aromatic rings. The Bertz CT molecular complexity index is 109. The van der Waals surface area contributed by atoms with Gasteiger partial charge in [-0.2, -0.15) is 0 Å². The van der Waals surface area contributed by atoms with Gasteiger partial charge in [-0.1, -0.05) is 13.8 Å². The van der Waals surface area contributed by atoms with E-state index in [0.717, 1.165) is 17.8 Å². The Morgan fingerprint density at radius 2 is 2.09 bits per heavy atom. The molecule has 1 nitrogen and oxygen atoms in total. The van der Waals surface area contributed by atoms with E-state index in [1.165, 1.54) is 25.8 Å². The molecule has 1 rings (SSSR count). The van der Waals surface area contributed by atoms with E-state index in [1.807, 2.05) is 7.05 Å². The average molecular weight is 155 g/mol. The second-order valence-electron chi connectivity index (χ2n) is 4.14. The largest absolute Gasteiger partial charge is 0.320 e. The molecule has 2 unspecified atom stereocenters. The van der Waals surface area contributed by atoms with Gasteiger partial charge in [0, 0.05) is 0 Å². The summed E-state index contributed by atoms with van der Waals surface area (Å²) in [7, 11) is 2.04. The van der Waals surface area contributed by atoms with E-state index in [4.69, 9.17) is 0 Å². The first-order chi connectivity index (χ1) is 5.25. The first-order valence-corrected chi connectivity index (χ1v) is 4.90. The van der Waals surface area contributed by atoms with E-state index in [-0.39, 0.29) is 0 Å². The first kappa shape index (κ1) is 9.05. The zero-order valence-electron chi connectivity index (χ0n) is 8.06. The number of nitrogens with one attached hydrogen (secondary N) is 1. The van der Waals surface area contributed by atoms with Crippen LogP contribution in [0.5, 0.6) is 0 Å². The first-order valence-electron chi connectivity index (χ1n) is 4.90. The molecule has 1 aliphatic carbocycles. The molecule has 0 radical (unpaired) electrons. The van der Waals surface area contributed by atoms with Gasteiger partial charge < -0.3 is 5.32 Å². The molecule has 0 bridgehead atoms. The average Bonchev–Trinajstić information content (AvgIpc) is 1.84. The Labute approximate surface area is 70.6 Å². The quantitative estimate of drug-likeness (QED) is 0.656. The summed E-state index contributed by atoms with van der Waals surface area (Å²) in [5.74, 6) is 2.97. The van der Waals surface area contributed by atoms with Gasteiger partial charge in [0.1, 0.15) is 0 Å². The molecule has 2 atom stereocenters. The van der Waals surface area contributed by atoms with Crippen LogP contribution in [0, 0.1) is 17.8 Å². The second kappa shape index (κ2) is 4.10. The van der Waals surface area contributed by atoms with E-state index in [9.17, 15) is 0 Å². The molecule has 0 amide bonds. The minimum atomic E-state index is 0.908. The van der Waals surface area contributed by atoms with Gasteiger partial charge in [0.2, 0.25) is 0 Å². The van der Waals surface area contributed by atoms with Gasteiger partial charge in [-0.05, 0) is 50.6 Å². The molecule has 0 aromatic heterocycles. The number of hydrogen-bond acceptors (Lipinski definition) is 1. The van der Waals surface area contributed by atoms with Crippen molar-refractivity contribution in [3.8, 4) is 0 Å². The second-order valence-corrected chi connectivity index (χ2v) is 4.14. The van der Waals surface area contributed by atoms with Crippen LogP contribution in [-0.4, -0.2) is 13.6 Å². The van der Waals surface area contributed by atoms with Crippen molar-refractivity contribution in [3.05, 3.63) is 0 Å². The molecule has 1 saturated carbocycles. The zero-order valence-corrected chi connectivity index (χ0v) is 8.06. The van der Waals surface area contributed by atoms with Gasteiger partial charge in [-0.25, -0.2) is 0 Å². The van der Waals surface area contributed by atoms with Crippen LogP contribution in [0.15, 0.2) is 0 Å². The number of hydrogen-bond donors (Lipinski definition) is 1. The van der Waals surface area contributed by atoms with Crippen LogP contribution in [0.3, 0.4) is 0 Å². The maximum absolute atomic E-state index is 3.23. The number of rotatable bonds is 4. The summed E-state index contributed by atoms with van der Waals surface area (Å²) in [5, 5.41) is 3.23. The summed E-state index contributed by atoms with van der Waals surface area (Å²) < 4.78 is 0. The SMILES string of the molecule is CNCCC1CCC1C(C)C. The Morgan fingerprint density at radius 3 is 2.45 bits per heavy atom. The fourth-order valence-electron chi connectivity index (χ4n) is 2.16. The molecule has 66 valence electrons. The van der Waals surface area contributed by atoms with Crippen LogP contribution in [0.2, 0.25) is 0 Å². The molecule has 1 heteroatoms. The minimum absolute atomic E-state index is 0.908. The molecule has 0 aliphatic heterocycles. The predicted molar refractivity (Wildman–Crippen MR) is 49.6 cm³/mol. The lowest BCUT2D eigenvalue weighted by atomic mass is 9.67. The van der Waals surface area contributed by atoms with E-state index >= 15 is 0 Å². The molecule has 1 fully saturated rings. The highest BCUT2D eigenvalue weighted by molar-refractivity contribution is 4.82. The molecular formula is C10H21N. The normalized spacial score (nSPS) is 30.5. The maximum atomic E-state index is 3.23. The van der Waals surface area contributed by atoms with Crippen LogP contribution >= 0.6 is 0 Å². The van der Waals surface area contributed by atoms with Crippen LogP contribution in [-0.2, 0) is 0 Å². The predicted octanol–water partition coefficient (Wildman–Crippen LogP) is 2.28. The van der Waals surface area contributed by atoms with Gasteiger partial charge in [-0.15, -0.1) is 0 Å². The Kier molecular flexibility index (Phi) is 3.38. The van der Waals surface area contributed by atoms with Crippen molar-refractivity contribution in [2.45, 2.75) is 33.1 Å². The van der Waals surface area contributed by atoms with E-state index in [0.29, 0.717) is 0 Å². The fraction of sp³-hybridized carbons (Fsp3) is 1.00. The summed E-state index contributed by atoms with van der Waals surface area (Å²) >= 11 is 0. The summed E-state index contributed by atoms with van der Waals surface area (Å²) in [6, 6.07) is 0. The van der Waals surface area contributed by atoms with E-state index in [1.54, 1.807) is 0 Å². The highest BCUT2D eigenvalue weighted by Crippen LogP contribution is 2.41. The molecule has 11 heavy (non-hydrogen) atoms. The Hall–Kier alpha value is -0.0400. The highest BCUT2D eigenvalue weighted by atomic mass is 14.8. The summed E-state index contributed by atoms with van der Waals surface area (Å²) in [4.78, 5) is 0. The standard InChI is InChI=1S/C10H21N/c1-8(2)10-5-4-9(10)6-7-11-3/h8-11H,4-7H2,1-3H3. The highest BCUT2D eigenvalue weighted by Gasteiger charge is 2.31. The van der Waals surface area contributed by atoms with Crippen LogP contribution < -0.4 is 5.32 Å². The Balaban J connectivity index is 2.15. The van der Waals surface area contributed by atoms with E-state index in [2.05, 4.69) is 19.2 Å². The third-order valence-electron chi connectivity index (χ3n) is 3.10. The van der Waals surface area contributed by atoms with Crippen molar-refractivity contribution in [2.24, 2.45) is 17.8 Å². The molecule has 0 spiro atoms. The summed E-state index contributed by atoms with van der Waals surface area (Å²) in [6.45, 7) is 5.92. The van der Waals surface area contributed by atoms with Crippen LogP contribution in [0.1, 0.15) is 33.1 Å². The van der Waals surface area contributed by atoms with Crippen molar-refractivity contribution in [1.82, 2.24) is 5.32 Å². The summed E-state index contributed by atoms with van der Waals surface area (Å²) in [5.41, 5.74) is 0. The van der Waals surface area contributed by atoms with Crippen molar-refractivity contribution < 1.29 is 0 Å². The maximum Gasteiger partial charge on any atom is -0.00492 e. The van der Waals surface area contributed by atoms with Gasteiger partial charge in [0.15, 0.2) is 0 Å². The lowest BCUT2D eigenvalue weighted by molar-refractivity contribution is 0.113. The summed E-state index contributed by atoms with van der Waals surface area (Å²) in [6.07, 6.45) is 4.34. The Morgan fingerprint density at radius 1 is 1.36 bits per heavy atom. The smallest absolute Gasteiger partial charge is 0.00492 e. The van der Waals surface area contributed by atoms with Crippen LogP contribution in [0.4, 0.5) is 0 Å². The molecule has 0 saturated heterocycles. The topological polar surface area (TPSA) is 12.0 Å². The van der Waals surface area contributed by atoms with Crippen molar-refractivity contribution in [3.63, 3.8) is 0 Å². The van der Waals surface area contributed by atoms with Crippen molar-refractivity contribution in [1.29, 1.82) is 0 Å². The van der Waals surface area contributed by atoms with Gasteiger partial charge in [0.05, 0.1) is 0 Å². The lowest BCUT2D eigenvalue weighted by Crippen LogP contribution is -2.32. The third-order valence-corrected chi connectivity index (χ3v) is 3.10. The monoisotopic (exact) mass is 155 g/mol. The molecule has 1 N–H and O–H groups in total. The lowest BCUT2D eigenvalue weighted by Gasteiger charge is -2.39. The van der Waals surface area contributed by atoms with Crippen molar-refractivity contribution in [2.75, 3.05) is 13.6 Å². The van der Waals surface area contributed by atoms with Gasteiger partial charge in [0.25, 0.3) is 0 Å². The minimum Gasteiger partial charge on any atom is -0.320 e. The third kappa shape index (κ3) is 2.19.